The van der Waals surface area contributed by atoms with Gasteiger partial charge in [0.1, 0.15) is 17.5 Å². The molecule has 1 unspecified atom stereocenters. The fraction of sp³-hybridized carbons (Fsp3) is 0.583. The molecule has 1 aromatic rings. The topological polar surface area (TPSA) is 100 Å². The molecule has 0 radical (unpaired) electrons. The normalized spacial score (nSPS) is 19.1. The van der Waals surface area contributed by atoms with Crippen molar-refractivity contribution in [1.82, 2.24) is 9.97 Å². The number of nitriles is 1. The quantitative estimate of drug-likeness (QED) is 0.599. The summed E-state index contributed by atoms with van der Waals surface area (Å²) < 4.78 is 5.35. The fourth-order valence-electron chi connectivity index (χ4n) is 2.08. The van der Waals surface area contributed by atoms with E-state index in [-0.39, 0.29) is 0 Å². The van der Waals surface area contributed by atoms with E-state index in [0.29, 0.717) is 25.5 Å². The summed E-state index contributed by atoms with van der Waals surface area (Å²) in [4.78, 5) is 10.9. The number of nitrogens with zero attached hydrogens (tertiary/aromatic N) is 4. The fourth-order valence-corrected chi connectivity index (χ4v) is 2.08. The first-order chi connectivity index (χ1) is 9.19. The second kappa shape index (κ2) is 5.82. The number of ether oxygens (including phenoxy) is 1. The van der Waals surface area contributed by atoms with Gasteiger partial charge < -0.3 is 15.1 Å². The van der Waals surface area contributed by atoms with E-state index < -0.39 is 6.10 Å². The Kier molecular flexibility index (Phi) is 4.14. The van der Waals surface area contributed by atoms with Crippen molar-refractivity contribution in [2.75, 3.05) is 30.0 Å². The zero-order chi connectivity index (χ0) is 13.8. The summed E-state index contributed by atoms with van der Waals surface area (Å²) in [7, 11) is 0. The van der Waals surface area contributed by atoms with Crippen LogP contribution in [0.2, 0.25) is 0 Å². The Morgan fingerprint density at radius 3 is 3.00 bits per heavy atom. The summed E-state index contributed by atoms with van der Waals surface area (Å²) in [5.41, 5.74) is 3.49. The highest BCUT2D eigenvalue weighted by atomic mass is 16.5. The van der Waals surface area contributed by atoms with Gasteiger partial charge in [-0.2, -0.15) is 5.26 Å². The van der Waals surface area contributed by atoms with E-state index in [9.17, 15) is 0 Å². The van der Waals surface area contributed by atoms with E-state index in [0.717, 1.165) is 23.6 Å². The molecule has 0 aliphatic carbocycles. The number of anilines is 2. The molecule has 2 heterocycles. The average molecular weight is 262 g/mol. The van der Waals surface area contributed by atoms with Gasteiger partial charge in [-0.25, -0.2) is 15.8 Å². The number of rotatable bonds is 3. The molecule has 102 valence electrons. The van der Waals surface area contributed by atoms with Crippen molar-refractivity contribution in [2.45, 2.75) is 26.4 Å². The highest BCUT2D eigenvalue weighted by molar-refractivity contribution is 5.58. The monoisotopic (exact) mass is 262 g/mol. The van der Waals surface area contributed by atoms with Gasteiger partial charge >= 0.3 is 0 Å². The summed E-state index contributed by atoms with van der Waals surface area (Å²) in [5.74, 6) is 7.67. The highest BCUT2D eigenvalue weighted by Crippen LogP contribution is 2.24. The number of nitrogens with one attached hydrogen (secondary N) is 1. The maximum Gasteiger partial charge on any atom is 0.161 e. The number of nitrogen functional groups attached to an aromatic ring is 1. The molecule has 1 fully saturated rings. The van der Waals surface area contributed by atoms with Crippen LogP contribution in [0.25, 0.3) is 0 Å². The molecular formula is C12H18N6O. The predicted molar refractivity (Wildman–Crippen MR) is 71.5 cm³/mol. The molecule has 0 aromatic carbocycles. The van der Waals surface area contributed by atoms with Crippen LogP contribution in [0, 0.1) is 18.3 Å². The summed E-state index contributed by atoms with van der Waals surface area (Å²) >= 11 is 0. The average Bonchev–Trinajstić information content (AvgIpc) is 2.47. The molecule has 0 spiro atoms. The molecule has 19 heavy (non-hydrogen) atoms. The van der Waals surface area contributed by atoms with Crippen LogP contribution in [-0.2, 0) is 11.2 Å². The molecule has 0 amide bonds. The third-order valence-corrected chi connectivity index (χ3v) is 3.13. The van der Waals surface area contributed by atoms with Crippen molar-refractivity contribution in [3.63, 3.8) is 0 Å². The number of morpholine rings is 1. The van der Waals surface area contributed by atoms with E-state index >= 15 is 0 Å². The van der Waals surface area contributed by atoms with Gasteiger partial charge in [0.2, 0.25) is 0 Å². The largest absolute Gasteiger partial charge is 0.360 e. The Hall–Kier alpha value is -1.91. The number of aryl methyl sites for hydroxylation is 1. The van der Waals surface area contributed by atoms with E-state index in [1.54, 1.807) is 0 Å². The van der Waals surface area contributed by atoms with Gasteiger partial charge in [-0.1, -0.05) is 6.92 Å². The smallest absolute Gasteiger partial charge is 0.161 e. The van der Waals surface area contributed by atoms with Crippen molar-refractivity contribution in [2.24, 2.45) is 5.84 Å². The van der Waals surface area contributed by atoms with Crippen LogP contribution in [0.4, 0.5) is 11.6 Å². The van der Waals surface area contributed by atoms with Crippen molar-refractivity contribution in [3.8, 4) is 6.07 Å². The minimum atomic E-state index is -0.414. The molecule has 7 heteroatoms. The summed E-state index contributed by atoms with van der Waals surface area (Å²) in [5, 5.41) is 8.96. The highest BCUT2D eigenvalue weighted by Gasteiger charge is 2.23. The lowest BCUT2D eigenvalue weighted by Gasteiger charge is -2.32. The summed E-state index contributed by atoms with van der Waals surface area (Å²) in [6.45, 7) is 5.66. The molecule has 0 saturated carbocycles. The van der Waals surface area contributed by atoms with Crippen LogP contribution >= 0.6 is 0 Å². The minimum Gasteiger partial charge on any atom is -0.360 e. The maximum absolute atomic E-state index is 8.96. The molecule has 3 N–H and O–H groups in total. The first-order valence-electron chi connectivity index (χ1n) is 6.29. The summed E-state index contributed by atoms with van der Waals surface area (Å²) in [6, 6.07) is 2.13. The molecule has 2 rings (SSSR count). The third-order valence-electron chi connectivity index (χ3n) is 3.13. The van der Waals surface area contributed by atoms with E-state index in [4.69, 9.17) is 15.8 Å². The van der Waals surface area contributed by atoms with Crippen LogP contribution in [0.1, 0.15) is 18.3 Å². The number of hydrogen-bond acceptors (Lipinski definition) is 7. The Labute approximate surface area is 112 Å². The molecule has 1 atom stereocenters. The molecule has 1 aromatic heterocycles. The van der Waals surface area contributed by atoms with Crippen molar-refractivity contribution in [1.29, 1.82) is 5.26 Å². The SMILES string of the molecule is CCc1nc(NN)c(C)c(N2CCOC(C#N)C2)n1. The lowest BCUT2D eigenvalue weighted by atomic mass is 10.2. The standard InChI is InChI=1S/C12H18N6O/c1-3-10-15-11(17-14)8(2)12(16-10)18-4-5-19-9(6-13)7-18/h9H,3-5,7,14H2,1-2H3,(H,15,16,17). The van der Waals surface area contributed by atoms with Crippen LogP contribution in [0.3, 0.4) is 0 Å². The lowest BCUT2D eigenvalue weighted by Crippen LogP contribution is -2.42. The molecule has 0 bridgehead atoms. The first-order valence-corrected chi connectivity index (χ1v) is 6.29. The molecule has 7 nitrogen and oxygen atoms in total. The second-order valence-corrected chi connectivity index (χ2v) is 4.37. The number of aromatic nitrogens is 2. The summed E-state index contributed by atoms with van der Waals surface area (Å²) in [6.07, 6.45) is 0.316. The second-order valence-electron chi connectivity index (χ2n) is 4.37. The van der Waals surface area contributed by atoms with Crippen LogP contribution in [0.15, 0.2) is 0 Å². The van der Waals surface area contributed by atoms with E-state index in [1.807, 2.05) is 13.8 Å². The Balaban J connectivity index is 2.35. The van der Waals surface area contributed by atoms with Gasteiger partial charge in [0, 0.05) is 18.5 Å². The number of hydrogen-bond donors (Lipinski definition) is 2. The zero-order valence-electron chi connectivity index (χ0n) is 11.2. The zero-order valence-corrected chi connectivity index (χ0v) is 11.2. The van der Waals surface area contributed by atoms with Gasteiger partial charge in [0.05, 0.1) is 19.2 Å². The molecular weight excluding hydrogens is 244 g/mol. The van der Waals surface area contributed by atoms with E-state index in [1.165, 1.54) is 0 Å². The maximum atomic E-state index is 8.96. The van der Waals surface area contributed by atoms with Crippen molar-refractivity contribution < 1.29 is 4.74 Å². The van der Waals surface area contributed by atoms with E-state index in [2.05, 4.69) is 26.4 Å². The molecule has 1 aliphatic heterocycles. The van der Waals surface area contributed by atoms with Crippen LogP contribution in [-0.4, -0.2) is 35.8 Å². The van der Waals surface area contributed by atoms with Gasteiger partial charge in [-0.05, 0) is 6.92 Å². The third kappa shape index (κ3) is 2.75. The van der Waals surface area contributed by atoms with Crippen molar-refractivity contribution >= 4 is 11.6 Å². The first kappa shape index (κ1) is 13.5. The minimum absolute atomic E-state index is 0.414. The number of nitrogens with two attached hydrogens (primary N) is 1. The lowest BCUT2D eigenvalue weighted by molar-refractivity contribution is 0.0761. The molecule has 1 saturated heterocycles. The Morgan fingerprint density at radius 1 is 1.58 bits per heavy atom. The number of hydrazine groups is 1. The molecule has 1 aliphatic rings. The Bertz CT molecular complexity index is 498. The van der Waals surface area contributed by atoms with Gasteiger partial charge in [-0.15, -0.1) is 0 Å². The van der Waals surface area contributed by atoms with Crippen LogP contribution < -0.4 is 16.2 Å². The predicted octanol–water partition coefficient (Wildman–Crippen LogP) is 0.362. The van der Waals surface area contributed by atoms with Gasteiger partial charge in [-0.3, -0.25) is 0 Å². The van der Waals surface area contributed by atoms with Crippen molar-refractivity contribution in [3.05, 3.63) is 11.4 Å². The Morgan fingerprint density at radius 2 is 2.37 bits per heavy atom. The van der Waals surface area contributed by atoms with Crippen LogP contribution in [0.5, 0.6) is 0 Å². The van der Waals surface area contributed by atoms with Gasteiger partial charge in [0.15, 0.2) is 6.10 Å². The van der Waals surface area contributed by atoms with Gasteiger partial charge in [0.25, 0.3) is 0 Å².